The van der Waals surface area contributed by atoms with Crippen molar-refractivity contribution < 1.29 is 22.6 Å². The van der Waals surface area contributed by atoms with E-state index >= 15 is 0 Å². The Morgan fingerprint density at radius 2 is 1.85 bits per heavy atom. The van der Waals surface area contributed by atoms with Crippen LogP contribution >= 0.6 is 0 Å². The molecule has 1 unspecified atom stereocenters. The van der Waals surface area contributed by atoms with Crippen LogP contribution in [0.25, 0.3) is 0 Å². The first kappa shape index (κ1) is 28.3. The minimum absolute atomic E-state index is 0.0614. The van der Waals surface area contributed by atoms with Crippen molar-refractivity contribution in [2.75, 3.05) is 47.1 Å². The Balaban J connectivity index is 1.56. The van der Waals surface area contributed by atoms with Crippen LogP contribution in [0, 0.1) is 11.3 Å². The number of hydrogen-bond donors (Lipinski definition) is 0. The number of fused-ring (bicyclic) bond motifs is 3. The van der Waals surface area contributed by atoms with Crippen LogP contribution < -0.4 is 4.74 Å². The van der Waals surface area contributed by atoms with Gasteiger partial charge in [-0.05, 0) is 77.8 Å². The summed E-state index contributed by atoms with van der Waals surface area (Å²) in [6, 6.07) is 12.9. The number of morpholine rings is 1. The Kier molecular flexibility index (Phi) is 8.25. The molecule has 0 aromatic heterocycles. The summed E-state index contributed by atoms with van der Waals surface area (Å²) < 4.78 is 43.8. The molecule has 0 amide bonds. The van der Waals surface area contributed by atoms with Gasteiger partial charge in [-0.2, -0.15) is 0 Å². The lowest BCUT2D eigenvalue weighted by Gasteiger charge is -2.55. The molecule has 7 heteroatoms. The topological polar surface area (TPSA) is 65.1 Å². The first-order chi connectivity index (χ1) is 18.7. The minimum atomic E-state index is -3.57. The maximum absolute atomic E-state index is 13.2. The van der Waals surface area contributed by atoms with Crippen molar-refractivity contribution in [2.24, 2.45) is 11.3 Å². The second-order valence-electron chi connectivity index (χ2n) is 12.0. The Hall–Kier alpha value is -2.19. The Morgan fingerprint density at radius 1 is 1.10 bits per heavy atom. The van der Waals surface area contributed by atoms with E-state index in [-0.39, 0.29) is 16.9 Å². The molecule has 1 aliphatic heterocycles. The summed E-state index contributed by atoms with van der Waals surface area (Å²) >= 11 is 0. The predicted molar refractivity (Wildman–Crippen MR) is 154 cm³/mol. The van der Waals surface area contributed by atoms with Crippen molar-refractivity contribution in [3.8, 4) is 5.75 Å². The molecular formula is C32H43NO5S. The highest BCUT2D eigenvalue weighted by Crippen LogP contribution is 2.58. The fraction of sp³-hybridized carbons (Fsp3) is 0.562. The quantitative estimate of drug-likeness (QED) is 0.417. The molecule has 0 bridgehead atoms. The Bertz CT molecular complexity index is 1280. The Labute approximate surface area is 234 Å². The molecule has 2 fully saturated rings. The fourth-order valence-corrected chi connectivity index (χ4v) is 8.75. The van der Waals surface area contributed by atoms with Crippen LogP contribution in [-0.2, 0) is 31.1 Å². The number of rotatable bonds is 8. The van der Waals surface area contributed by atoms with Gasteiger partial charge >= 0.3 is 0 Å². The van der Waals surface area contributed by atoms with Crippen LogP contribution in [0.5, 0.6) is 5.75 Å². The van der Waals surface area contributed by atoms with Gasteiger partial charge in [-0.15, -0.1) is 0 Å². The molecule has 5 rings (SSSR count). The molecule has 1 saturated heterocycles. The molecule has 6 nitrogen and oxygen atoms in total. The molecule has 39 heavy (non-hydrogen) atoms. The zero-order chi connectivity index (χ0) is 27.7. The molecule has 2 aromatic carbocycles. The summed E-state index contributed by atoms with van der Waals surface area (Å²) in [5.74, 6) is 1.38. The van der Waals surface area contributed by atoms with Crippen molar-refractivity contribution >= 4 is 9.84 Å². The minimum Gasteiger partial charge on any atom is -0.496 e. The molecule has 1 heterocycles. The molecule has 1 saturated carbocycles. The van der Waals surface area contributed by atoms with Crippen LogP contribution in [0.3, 0.4) is 0 Å². The van der Waals surface area contributed by atoms with E-state index in [0.717, 1.165) is 50.3 Å². The van der Waals surface area contributed by atoms with Crippen molar-refractivity contribution in [1.82, 2.24) is 4.90 Å². The van der Waals surface area contributed by atoms with Gasteiger partial charge in [-0.1, -0.05) is 44.5 Å². The third-order valence-electron chi connectivity index (χ3n) is 9.57. The van der Waals surface area contributed by atoms with Gasteiger partial charge in [0.15, 0.2) is 9.84 Å². The fourth-order valence-electron chi connectivity index (χ4n) is 7.70. The van der Waals surface area contributed by atoms with Gasteiger partial charge in [-0.25, -0.2) is 8.42 Å². The summed E-state index contributed by atoms with van der Waals surface area (Å²) in [5, 5.41) is 1.37. The summed E-state index contributed by atoms with van der Waals surface area (Å²) in [4.78, 5) is 2.60. The highest BCUT2D eigenvalue weighted by atomic mass is 32.2. The van der Waals surface area contributed by atoms with Crippen LogP contribution in [-0.4, -0.2) is 60.4 Å². The van der Waals surface area contributed by atoms with Gasteiger partial charge in [0, 0.05) is 31.2 Å². The highest BCUT2D eigenvalue weighted by molar-refractivity contribution is 7.94. The maximum Gasteiger partial charge on any atom is 0.199 e. The van der Waals surface area contributed by atoms with Crippen LogP contribution in [0.1, 0.15) is 62.3 Å². The number of aryl methyl sites for hydroxylation is 1. The first-order valence-electron chi connectivity index (χ1n) is 14.2. The van der Waals surface area contributed by atoms with E-state index in [9.17, 15) is 8.42 Å². The molecule has 4 atom stereocenters. The van der Waals surface area contributed by atoms with Crippen LogP contribution in [0.4, 0.5) is 0 Å². The van der Waals surface area contributed by atoms with Gasteiger partial charge in [0.1, 0.15) is 5.75 Å². The van der Waals surface area contributed by atoms with Gasteiger partial charge < -0.3 is 14.2 Å². The molecular weight excluding hydrogens is 510 g/mol. The second-order valence-corrected chi connectivity index (χ2v) is 13.8. The standard InChI is InChI=1S/C32H43NO5S/c1-31(23-36-3)14-8-15-32(2)27-22-29(37-4)26(21-24(27)11-12-30(31)32)28(33-16-18-38-19-17-33)13-20-39(34,35)25-9-6-5-7-10-25/h5-7,9-10,13,20-22,28,30H,8,11-12,14-19,23H2,1-4H3/b20-13+/t28?,30-,31+,32+/m0/s1. The highest BCUT2D eigenvalue weighted by Gasteiger charge is 2.52. The van der Waals surface area contributed by atoms with Crippen molar-refractivity contribution in [3.05, 3.63) is 70.6 Å². The van der Waals surface area contributed by atoms with E-state index in [4.69, 9.17) is 14.2 Å². The van der Waals surface area contributed by atoms with Gasteiger partial charge in [-0.3, -0.25) is 4.90 Å². The normalized spacial score (nSPS) is 28.6. The monoisotopic (exact) mass is 553 g/mol. The zero-order valence-corrected chi connectivity index (χ0v) is 24.6. The van der Waals surface area contributed by atoms with Crippen LogP contribution in [0.2, 0.25) is 0 Å². The van der Waals surface area contributed by atoms with E-state index in [1.165, 1.54) is 29.4 Å². The van der Waals surface area contributed by atoms with E-state index < -0.39 is 9.84 Å². The SMILES string of the molecule is COC[C@@]1(C)CCC[C@]2(C)c3cc(OC)c(C(/C=C/S(=O)(=O)c4ccccc4)N4CCOCC4)cc3CC[C@@H]12. The smallest absolute Gasteiger partial charge is 0.199 e. The number of nitrogens with zero attached hydrogens (tertiary/aromatic N) is 1. The molecule has 0 radical (unpaired) electrons. The second kappa shape index (κ2) is 11.4. The third kappa shape index (κ3) is 5.43. The third-order valence-corrected chi connectivity index (χ3v) is 11.0. The average molecular weight is 554 g/mol. The van der Waals surface area contributed by atoms with Gasteiger partial charge in [0.2, 0.25) is 0 Å². The maximum atomic E-state index is 13.2. The van der Waals surface area contributed by atoms with E-state index in [1.807, 2.05) is 19.3 Å². The van der Waals surface area contributed by atoms with Crippen molar-refractivity contribution in [1.29, 1.82) is 0 Å². The number of methoxy groups -OCH3 is 2. The number of benzene rings is 2. The first-order valence-corrected chi connectivity index (χ1v) is 15.8. The molecule has 2 aromatic rings. The zero-order valence-electron chi connectivity index (χ0n) is 23.8. The average Bonchev–Trinajstić information content (AvgIpc) is 2.94. The number of hydrogen-bond acceptors (Lipinski definition) is 6. The molecule has 2 aliphatic carbocycles. The molecule has 0 N–H and O–H groups in total. The molecule has 0 spiro atoms. The summed E-state index contributed by atoms with van der Waals surface area (Å²) in [7, 11) is -0.0274. The Morgan fingerprint density at radius 3 is 2.54 bits per heavy atom. The number of ether oxygens (including phenoxy) is 3. The van der Waals surface area contributed by atoms with Gasteiger partial charge in [0.25, 0.3) is 0 Å². The lowest BCUT2D eigenvalue weighted by atomic mass is 9.50. The van der Waals surface area contributed by atoms with E-state index in [0.29, 0.717) is 24.0 Å². The lowest BCUT2D eigenvalue weighted by molar-refractivity contribution is -0.0325. The summed E-state index contributed by atoms with van der Waals surface area (Å²) in [6.45, 7) is 8.35. The molecule has 3 aliphatic rings. The molecule has 212 valence electrons. The van der Waals surface area contributed by atoms with Crippen molar-refractivity contribution in [2.45, 2.75) is 62.3 Å². The largest absolute Gasteiger partial charge is 0.496 e. The van der Waals surface area contributed by atoms with E-state index in [2.05, 4.69) is 30.9 Å². The summed E-state index contributed by atoms with van der Waals surface area (Å²) in [5.41, 5.74) is 4.00. The predicted octanol–water partition coefficient (Wildman–Crippen LogP) is 5.71. The van der Waals surface area contributed by atoms with Crippen molar-refractivity contribution in [3.63, 3.8) is 0 Å². The lowest BCUT2D eigenvalue weighted by Crippen LogP contribution is -2.50. The van der Waals surface area contributed by atoms with Gasteiger partial charge in [0.05, 0.1) is 37.9 Å². The number of sulfone groups is 1. The summed E-state index contributed by atoms with van der Waals surface area (Å²) in [6.07, 6.45) is 7.53. The van der Waals surface area contributed by atoms with Crippen LogP contribution in [0.15, 0.2) is 58.8 Å². The van der Waals surface area contributed by atoms with E-state index in [1.54, 1.807) is 31.4 Å².